The average molecular weight is 224 g/mol. The topological polar surface area (TPSA) is 42.0 Å². The smallest absolute Gasteiger partial charge is 0.255 e. The van der Waals surface area contributed by atoms with Crippen molar-refractivity contribution >= 4 is 17.2 Å². The van der Waals surface area contributed by atoms with Gasteiger partial charge in [0.2, 0.25) is 0 Å². The summed E-state index contributed by atoms with van der Waals surface area (Å²) in [6, 6.07) is 12.9. The van der Waals surface area contributed by atoms with Gasteiger partial charge in [-0.25, -0.2) is 0 Å². The highest BCUT2D eigenvalue weighted by Gasteiger charge is 2.08. The molecule has 1 heterocycles. The Bertz CT molecular complexity index is 520. The first-order valence-electron chi connectivity index (χ1n) is 5.23. The van der Waals surface area contributed by atoms with Crippen molar-refractivity contribution in [1.29, 1.82) is 0 Å². The van der Waals surface area contributed by atoms with Crippen LogP contribution in [0.15, 0.2) is 61.4 Å². The maximum atomic E-state index is 11.9. The van der Waals surface area contributed by atoms with Crippen LogP contribution in [0.25, 0.3) is 5.57 Å². The number of carbonyl (C=O) groups is 1. The third-order valence-electron chi connectivity index (χ3n) is 2.32. The predicted octanol–water partition coefficient (Wildman–Crippen LogP) is 2.73. The minimum atomic E-state index is -0.218. The van der Waals surface area contributed by atoms with Gasteiger partial charge in [-0.05, 0) is 17.7 Å². The number of hydrogen-bond acceptors (Lipinski definition) is 2. The lowest BCUT2D eigenvalue weighted by Gasteiger charge is -2.07. The van der Waals surface area contributed by atoms with Gasteiger partial charge in [-0.1, -0.05) is 36.9 Å². The van der Waals surface area contributed by atoms with Crippen LogP contribution in [0.4, 0.5) is 5.69 Å². The number of nitrogens with one attached hydrogen (secondary N) is 1. The number of amides is 1. The van der Waals surface area contributed by atoms with Crippen LogP contribution in [0, 0.1) is 0 Å². The van der Waals surface area contributed by atoms with E-state index < -0.39 is 0 Å². The lowest BCUT2D eigenvalue weighted by atomic mass is 10.1. The SMILES string of the molecule is C=C(C(=O)Nc1cccnc1)c1ccccc1. The predicted molar refractivity (Wildman–Crippen MR) is 68.3 cm³/mol. The Balaban J connectivity index is 2.09. The molecule has 17 heavy (non-hydrogen) atoms. The maximum Gasteiger partial charge on any atom is 0.255 e. The summed E-state index contributed by atoms with van der Waals surface area (Å²) in [6.07, 6.45) is 3.25. The molecule has 3 heteroatoms. The molecular formula is C14H12N2O. The molecule has 0 bridgehead atoms. The van der Waals surface area contributed by atoms with Gasteiger partial charge in [0.05, 0.1) is 11.9 Å². The molecule has 0 spiro atoms. The second-order valence-corrected chi connectivity index (χ2v) is 3.54. The van der Waals surface area contributed by atoms with Gasteiger partial charge >= 0.3 is 0 Å². The quantitative estimate of drug-likeness (QED) is 0.814. The van der Waals surface area contributed by atoms with Crippen molar-refractivity contribution in [1.82, 2.24) is 4.98 Å². The fourth-order valence-electron chi connectivity index (χ4n) is 1.41. The Kier molecular flexibility index (Phi) is 3.31. The zero-order valence-corrected chi connectivity index (χ0v) is 9.26. The Hall–Kier alpha value is -2.42. The number of rotatable bonds is 3. The molecule has 2 rings (SSSR count). The van der Waals surface area contributed by atoms with E-state index in [0.29, 0.717) is 11.3 Å². The van der Waals surface area contributed by atoms with E-state index in [-0.39, 0.29) is 5.91 Å². The fraction of sp³-hybridized carbons (Fsp3) is 0. The van der Waals surface area contributed by atoms with Crippen LogP contribution in [-0.2, 0) is 4.79 Å². The van der Waals surface area contributed by atoms with E-state index in [1.807, 2.05) is 30.3 Å². The largest absolute Gasteiger partial charge is 0.321 e. The van der Waals surface area contributed by atoms with Crippen LogP contribution in [-0.4, -0.2) is 10.9 Å². The van der Waals surface area contributed by atoms with Crippen molar-refractivity contribution in [3.63, 3.8) is 0 Å². The highest BCUT2D eigenvalue weighted by molar-refractivity contribution is 6.24. The number of carbonyl (C=O) groups excluding carboxylic acids is 1. The molecule has 1 N–H and O–H groups in total. The van der Waals surface area contributed by atoms with Crippen molar-refractivity contribution in [2.24, 2.45) is 0 Å². The first-order valence-corrected chi connectivity index (χ1v) is 5.23. The van der Waals surface area contributed by atoms with Gasteiger partial charge < -0.3 is 5.32 Å². The van der Waals surface area contributed by atoms with Crippen molar-refractivity contribution in [3.05, 3.63) is 67.0 Å². The molecule has 0 unspecified atom stereocenters. The van der Waals surface area contributed by atoms with E-state index in [0.717, 1.165) is 5.56 Å². The molecule has 2 aromatic rings. The van der Waals surface area contributed by atoms with Gasteiger partial charge in [0.1, 0.15) is 0 Å². The van der Waals surface area contributed by atoms with Crippen LogP contribution in [0.2, 0.25) is 0 Å². The number of nitrogens with zero attached hydrogens (tertiary/aromatic N) is 1. The van der Waals surface area contributed by atoms with Gasteiger partial charge in [0, 0.05) is 11.8 Å². The summed E-state index contributed by atoms with van der Waals surface area (Å²) in [6.45, 7) is 3.79. The molecule has 1 aromatic carbocycles. The highest BCUT2D eigenvalue weighted by atomic mass is 16.1. The summed E-state index contributed by atoms with van der Waals surface area (Å²) in [7, 11) is 0. The molecule has 0 aliphatic rings. The van der Waals surface area contributed by atoms with Gasteiger partial charge in [-0.3, -0.25) is 9.78 Å². The van der Waals surface area contributed by atoms with Crippen molar-refractivity contribution in [2.45, 2.75) is 0 Å². The molecule has 0 radical (unpaired) electrons. The Morgan fingerprint density at radius 1 is 1.12 bits per heavy atom. The van der Waals surface area contributed by atoms with Crippen LogP contribution >= 0.6 is 0 Å². The normalized spacial score (nSPS) is 9.65. The molecule has 3 nitrogen and oxygen atoms in total. The minimum Gasteiger partial charge on any atom is -0.321 e. The molecular weight excluding hydrogens is 212 g/mol. The van der Waals surface area contributed by atoms with Crippen LogP contribution in [0.5, 0.6) is 0 Å². The summed E-state index contributed by atoms with van der Waals surface area (Å²) < 4.78 is 0. The van der Waals surface area contributed by atoms with E-state index in [2.05, 4.69) is 16.9 Å². The van der Waals surface area contributed by atoms with E-state index in [9.17, 15) is 4.79 Å². The first kappa shape index (κ1) is 11.1. The van der Waals surface area contributed by atoms with E-state index >= 15 is 0 Å². The van der Waals surface area contributed by atoms with Gasteiger partial charge in [0.15, 0.2) is 0 Å². The standard InChI is InChI=1S/C14H12N2O/c1-11(12-6-3-2-4-7-12)14(17)16-13-8-5-9-15-10-13/h2-10H,1H2,(H,16,17). The maximum absolute atomic E-state index is 11.9. The number of hydrogen-bond donors (Lipinski definition) is 1. The van der Waals surface area contributed by atoms with Crippen LogP contribution in [0.3, 0.4) is 0 Å². The Morgan fingerprint density at radius 2 is 1.88 bits per heavy atom. The molecule has 1 aromatic heterocycles. The molecule has 0 aliphatic heterocycles. The Morgan fingerprint density at radius 3 is 2.53 bits per heavy atom. The van der Waals surface area contributed by atoms with Crippen LogP contribution < -0.4 is 5.32 Å². The lowest BCUT2D eigenvalue weighted by Crippen LogP contribution is -2.12. The first-order chi connectivity index (χ1) is 8.27. The molecule has 0 saturated carbocycles. The number of pyridine rings is 1. The molecule has 84 valence electrons. The van der Waals surface area contributed by atoms with E-state index in [1.165, 1.54) is 0 Å². The third kappa shape index (κ3) is 2.78. The monoisotopic (exact) mass is 224 g/mol. The lowest BCUT2D eigenvalue weighted by molar-refractivity contribution is -0.111. The van der Waals surface area contributed by atoms with Crippen molar-refractivity contribution < 1.29 is 4.79 Å². The summed E-state index contributed by atoms with van der Waals surface area (Å²) in [5, 5.41) is 2.74. The molecule has 0 fully saturated rings. The summed E-state index contributed by atoms with van der Waals surface area (Å²) in [4.78, 5) is 15.8. The Labute approximate surface area is 99.8 Å². The number of anilines is 1. The molecule has 0 atom stereocenters. The van der Waals surface area contributed by atoms with Gasteiger partial charge in [-0.15, -0.1) is 0 Å². The number of benzene rings is 1. The van der Waals surface area contributed by atoms with Gasteiger partial charge in [-0.2, -0.15) is 0 Å². The second kappa shape index (κ2) is 5.07. The summed E-state index contributed by atoms with van der Waals surface area (Å²) in [5.41, 5.74) is 1.91. The molecule has 1 amide bonds. The van der Waals surface area contributed by atoms with Gasteiger partial charge in [0.25, 0.3) is 5.91 Å². The highest BCUT2D eigenvalue weighted by Crippen LogP contribution is 2.14. The summed E-state index contributed by atoms with van der Waals surface area (Å²) >= 11 is 0. The van der Waals surface area contributed by atoms with Crippen molar-refractivity contribution in [3.8, 4) is 0 Å². The zero-order valence-electron chi connectivity index (χ0n) is 9.26. The summed E-state index contributed by atoms with van der Waals surface area (Å²) in [5.74, 6) is -0.218. The average Bonchev–Trinajstić information content (AvgIpc) is 2.40. The van der Waals surface area contributed by atoms with Crippen molar-refractivity contribution in [2.75, 3.05) is 5.32 Å². The number of aromatic nitrogens is 1. The second-order valence-electron chi connectivity index (χ2n) is 3.54. The van der Waals surface area contributed by atoms with E-state index in [1.54, 1.807) is 24.5 Å². The minimum absolute atomic E-state index is 0.218. The van der Waals surface area contributed by atoms with Crippen LogP contribution in [0.1, 0.15) is 5.56 Å². The third-order valence-corrected chi connectivity index (χ3v) is 2.32. The molecule has 0 saturated heterocycles. The van der Waals surface area contributed by atoms with E-state index in [4.69, 9.17) is 0 Å². The zero-order chi connectivity index (χ0) is 12.1. The fourth-order valence-corrected chi connectivity index (χ4v) is 1.41. The molecule has 0 aliphatic carbocycles.